The van der Waals surface area contributed by atoms with Crippen molar-refractivity contribution in [3.8, 4) is 0 Å². The van der Waals surface area contributed by atoms with E-state index in [0.29, 0.717) is 45.4 Å². The van der Waals surface area contributed by atoms with Crippen LogP contribution in [-0.4, -0.2) is 67.6 Å². The number of aryl methyl sites for hydroxylation is 1. The summed E-state index contributed by atoms with van der Waals surface area (Å²) in [5, 5.41) is 9.88. The van der Waals surface area contributed by atoms with Crippen molar-refractivity contribution in [2.75, 3.05) is 19.6 Å². The lowest BCUT2D eigenvalue weighted by molar-refractivity contribution is -0.138. The maximum atomic E-state index is 12.4. The number of urea groups is 1. The highest BCUT2D eigenvalue weighted by atomic mass is 16.2. The molecule has 9 nitrogen and oxygen atoms in total. The highest BCUT2D eigenvalue weighted by Crippen LogP contribution is 2.34. The first kappa shape index (κ1) is 17.4. The largest absolute Gasteiger partial charge is 0.342 e. The van der Waals surface area contributed by atoms with Crippen LogP contribution in [0.5, 0.6) is 0 Å². The second-order valence-corrected chi connectivity index (χ2v) is 7.13. The van der Waals surface area contributed by atoms with E-state index in [2.05, 4.69) is 15.5 Å². The number of rotatable bonds is 5. The highest BCUT2D eigenvalue weighted by Gasteiger charge is 2.54. The van der Waals surface area contributed by atoms with E-state index in [4.69, 9.17) is 0 Å². The number of nitrogens with one attached hydrogen (secondary N) is 1. The average molecular weight is 348 g/mol. The quantitative estimate of drug-likeness (QED) is 0.768. The molecular weight excluding hydrogens is 324 g/mol. The summed E-state index contributed by atoms with van der Waals surface area (Å²) in [6.45, 7) is 6.08. The molecule has 0 unspecified atom stereocenters. The summed E-state index contributed by atoms with van der Waals surface area (Å²) in [6.07, 6.45) is 4.49. The van der Waals surface area contributed by atoms with Crippen LogP contribution in [0.4, 0.5) is 4.79 Å². The zero-order valence-electron chi connectivity index (χ0n) is 14.6. The third kappa shape index (κ3) is 3.35. The van der Waals surface area contributed by atoms with Crippen molar-refractivity contribution in [3.63, 3.8) is 0 Å². The molecule has 9 heteroatoms. The van der Waals surface area contributed by atoms with E-state index in [1.807, 2.05) is 13.8 Å². The molecule has 2 aliphatic rings. The maximum Gasteiger partial charge on any atom is 0.325 e. The molecule has 4 amide bonds. The first-order chi connectivity index (χ1) is 11.9. The Bertz CT molecular complexity index is 649. The number of carbonyl (C=O) groups excluding carboxylic acids is 3. The number of piperidine rings is 1. The Morgan fingerprint density at radius 3 is 2.48 bits per heavy atom. The van der Waals surface area contributed by atoms with E-state index in [0.717, 1.165) is 0 Å². The van der Waals surface area contributed by atoms with Crippen LogP contribution in [0.3, 0.4) is 0 Å². The number of imide groups is 1. The molecule has 1 aromatic heterocycles. The fourth-order valence-electron chi connectivity index (χ4n) is 3.56. The van der Waals surface area contributed by atoms with Crippen LogP contribution in [0.25, 0.3) is 0 Å². The molecule has 2 aliphatic heterocycles. The van der Waals surface area contributed by atoms with Crippen molar-refractivity contribution in [3.05, 3.63) is 12.7 Å². The Balaban J connectivity index is 1.60. The maximum absolute atomic E-state index is 12.4. The summed E-state index contributed by atoms with van der Waals surface area (Å²) in [5.74, 6) is 0.0930. The van der Waals surface area contributed by atoms with Gasteiger partial charge >= 0.3 is 6.03 Å². The molecule has 1 aromatic rings. The first-order valence-electron chi connectivity index (χ1n) is 8.65. The van der Waals surface area contributed by atoms with Gasteiger partial charge in [-0.3, -0.25) is 14.9 Å². The Labute approximate surface area is 146 Å². The molecule has 1 N–H and O–H groups in total. The standard InChI is InChI=1S/C16H24N6O3/c1-12(2)9-22-15(25)19-14(24)16(22)4-7-21(8-5-16)13(23)3-6-20-10-17-18-11-20/h10-12H,3-9H2,1-2H3,(H,19,24,25). The third-order valence-corrected chi connectivity index (χ3v) is 4.95. The second-order valence-electron chi connectivity index (χ2n) is 7.13. The lowest BCUT2D eigenvalue weighted by atomic mass is 9.85. The Hall–Kier alpha value is -2.45. The molecule has 0 atom stereocenters. The minimum absolute atomic E-state index is 0.0451. The van der Waals surface area contributed by atoms with Crippen molar-refractivity contribution in [2.45, 2.75) is 45.2 Å². The molecule has 136 valence electrons. The van der Waals surface area contributed by atoms with Gasteiger partial charge in [0.1, 0.15) is 18.2 Å². The van der Waals surface area contributed by atoms with Crippen molar-refractivity contribution < 1.29 is 14.4 Å². The van der Waals surface area contributed by atoms with Gasteiger partial charge in [-0.1, -0.05) is 13.8 Å². The smallest absolute Gasteiger partial charge is 0.325 e. The molecule has 3 heterocycles. The Morgan fingerprint density at radius 1 is 1.24 bits per heavy atom. The molecule has 0 aliphatic carbocycles. The van der Waals surface area contributed by atoms with E-state index in [9.17, 15) is 14.4 Å². The van der Waals surface area contributed by atoms with Crippen LogP contribution in [0, 0.1) is 5.92 Å². The van der Waals surface area contributed by atoms with E-state index < -0.39 is 5.54 Å². The van der Waals surface area contributed by atoms with E-state index in [1.54, 1.807) is 27.0 Å². The predicted octanol–water partition coefficient (Wildman–Crippen LogP) is 0.237. The van der Waals surface area contributed by atoms with Crippen molar-refractivity contribution in [1.82, 2.24) is 29.9 Å². The molecule has 25 heavy (non-hydrogen) atoms. The summed E-state index contributed by atoms with van der Waals surface area (Å²) < 4.78 is 1.76. The number of carbonyl (C=O) groups is 3. The van der Waals surface area contributed by atoms with Gasteiger partial charge in [0.05, 0.1) is 0 Å². The van der Waals surface area contributed by atoms with Gasteiger partial charge in [-0.05, 0) is 18.8 Å². The fraction of sp³-hybridized carbons (Fsp3) is 0.688. The minimum atomic E-state index is -0.799. The average Bonchev–Trinajstić information content (AvgIpc) is 3.17. The van der Waals surface area contributed by atoms with Gasteiger partial charge in [-0.25, -0.2) is 4.79 Å². The zero-order valence-corrected chi connectivity index (χ0v) is 14.6. The van der Waals surface area contributed by atoms with Gasteiger partial charge in [0.2, 0.25) is 5.91 Å². The summed E-state index contributed by atoms with van der Waals surface area (Å²) in [4.78, 5) is 40.4. The van der Waals surface area contributed by atoms with Gasteiger partial charge in [-0.2, -0.15) is 0 Å². The summed E-state index contributed by atoms with van der Waals surface area (Å²) in [5.41, 5.74) is -0.799. The lowest BCUT2D eigenvalue weighted by Gasteiger charge is -2.42. The van der Waals surface area contributed by atoms with Crippen LogP contribution in [-0.2, 0) is 16.1 Å². The Morgan fingerprint density at radius 2 is 1.88 bits per heavy atom. The van der Waals surface area contributed by atoms with Crippen LogP contribution >= 0.6 is 0 Å². The predicted molar refractivity (Wildman–Crippen MR) is 88.3 cm³/mol. The number of aromatic nitrogens is 3. The van der Waals surface area contributed by atoms with Gasteiger partial charge in [0.25, 0.3) is 5.91 Å². The van der Waals surface area contributed by atoms with Crippen LogP contribution in [0.15, 0.2) is 12.7 Å². The normalized spacial score (nSPS) is 19.8. The van der Waals surface area contributed by atoms with Crippen LogP contribution in [0.1, 0.15) is 33.1 Å². The van der Waals surface area contributed by atoms with Gasteiger partial charge in [-0.15, -0.1) is 10.2 Å². The molecule has 0 aromatic carbocycles. The number of nitrogens with zero attached hydrogens (tertiary/aromatic N) is 5. The summed E-state index contributed by atoms with van der Waals surface area (Å²) in [6, 6.07) is -0.314. The zero-order chi connectivity index (χ0) is 18.0. The van der Waals surface area contributed by atoms with E-state index >= 15 is 0 Å². The summed E-state index contributed by atoms with van der Waals surface area (Å²) in [7, 11) is 0. The second kappa shape index (κ2) is 6.81. The van der Waals surface area contributed by atoms with Crippen LogP contribution in [0.2, 0.25) is 0 Å². The lowest BCUT2D eigenvalue weighted by Crippen LogP contribution is -2.58. The van der Waals surface area contributed by atoms with E-state index in [1.165, 1.54) is 0 Å². The molecule has 0 bridgehead atoms. The minimum Gasteiger partial charge on any atom is -0.342 e. The molecule has 2 saturated heterocycles. The molecule has 2 fully saturated rings. The topological polar surface area (TPSA) is 100 Å². The van der Waals surface area contributed by atoms with Gasteiger partial charge in [0.15, 0.2) is 0 Å². The number of hydrogen-bond acceptors (Lipinski definition) is 5. The van der Waals surface area contributed by atoms with Crippen LogP contribution < -0.4 is 5.32 Å². The number of hydrogen-bond donors (Lipinski definition) is 1. The molecule has 0 saturated carbocycles. The number of amides is 4. The molecule has 1 spiro atoms. The van der Waals surface area contributed by atoms with Crippen molar-refractivity contribution in [1.29, 1.82) is 0 Å². The number of likely N-dealkylation sites (tertiary alicyclic amines) is 1. The Kier molecular flexibility index (Phi) is 4.73. The molecular formula is C16H24N6O3. The highest BCUT2D eigenvalue weighted by molar-refractivity contribution is 6.07. The first-order valence-corrected chi connectivity index (χ1v) is 8.65. The summed E-state index contributed by atoms with van der Waals surface area (Å²) >= 11 is 0. The fourth-order valence-corrected chi connectivity index (χ4v) is 3.56. The SMILES string of the molecule is CC(C)CN1C(=O)NC(=O)C12CCN(C(=O)CCn1cnnc1)CC2. The van der Waals surface area contributed by atoms with Gasteiger partial charge in [0, 0.05) is 32.6 Å². The van der Waals surface area contributed by atoms with Crippen molar-refractivity contribution >= 4 is 17.8 Å². The molecule has 0 radical (unpaired) electrons. The van der Waals surface area contributed by atoms with E-state index in [-0.39, 0.29) is 23.8 Å². The molecule has 3 rings (SSSR count). The van der Waals surface area contributed by atoms with Gasteiger partial charge < -0.3 is 14.4 Å². The third-order valence-electron chi connectivity index (χ3n) is 4.95. The van der Waals surface area contributed by atoms with Crippen molar-refractivity contribution in [2.24, 2.45) is 5.92 Å². The monoisotopic (exact) mass is 348 g/mol.